The molecule has 0 N–H and O–H groups in total. The number of carbonyl (C=O) groups excluding carboxylic acids is 1. The monoisotopic (exact) mass is 355 g/mol. The van der Waals surface area contributed by atoms with Crippen molar-refractivity contribution in [3.63, 3.8) is 0 Å². The Balaban J connectivity index is 1.84. The van der Waals surface area contributed by atoms with Crippen molar-refractivity contribution >= 4 is 5.91 Å². The number of hydrogen-bond acceptors (Lipinski definition) is 5. The van der Waals surface area contributed by atoms with Gasteiger partial charge in [-0.15, -0.1) is 11.7 Å². The molecular weight excluding hydrogens is 330 g/mol. The maximum absolute atomic E-state index is 13.3. The van der Waals surface area contributed by atoms with E-state index in [1.165, 1.54) is 0 Å². The van der Waals surface area contributed by atoms with Crippen LogP contribution in [0.5, 0.6) is 5.75 Å². The van der Waals surface area contributed by atoms with E-state index in [0.29, 0.717) is 25.5 Å². The molecule has 0 spiro atoms. The molecule has 0 unspecified atom stereocenters. The number of rotatable bonds is 7. The fourth-order valence-corrected chi connectivity index (χ4v) is 3.34. The SMILES string of the molecule is C=CCN(Cc1ccccc1OCC)C(=O)[C@@H]1CCCCn2nnnc21. The first-order valence-electron chi connectivity index (χ1n) is 9.11. The van der Waals surface area contributed by atoms with Gasteiger partial charge in [-0.1, -0.05) is 30.7 Å². The highest BCUT2D eigenvalue weighted by Crippen LogP contribution is 2.28. The molecule has 1 aromatic heterocycles. The molecule has 1 aromatic carbocycles. The molecule has 3 rings (SSSR count). The van der Waals surface area contributed by atoms with E-state index in [1.807, 2.05) is 31.2 Å². The molecule has 26 heavy (non-hydrogen) atoms. The number of amides is 1. The number of nitrogens with zero attached hydrogens (tertiary/aromatic N) is 5. The minimum absolute atomic E-state index is 0.0363. The smallest absolute Gasteiger partial charge is 0.234 e. The van der Waals surface area contributed by atoms with Gasteiger partial charge in [0.1, 0.15) is 5.75 Å². The Labute approximate surface area is 153 Å². The maximum Gasteiger partial charge on any atom is 0.234 e. The minimum Gasteiger partial charge on any atom is -0.494 e. The number of aromatic nitrogens is 4. The molecule has 0 fully saturated rings. The van der Waals surface area contributed by atoms with Crippen LogP contribution in [0.2, 0.25) is 0 Å². The lowest BCUT2D eigenvalue weighted by atomic mass is 10.00. The number of aryl methyl sites for hydroxylation is 1. The maximum atomic E-state index is 13.3. The van der Waals surface area contributed by atoms with Gasteiger partial charge in [-0.3, -0.25) is 4.79 Å². The number of hydrogen-bond donors (Lipinski definition) is 0. The Hall–Kier alpha value is -2.70. The van der Waals surface area contributed by atoms with E-state index in [-0.39, 0.29) is 11.8 Å². The lowest BCUT2D eigenvalue weighted by Crippen LogP contribution is -2.35. The molecule has 2 heterocycles. The number of ether oxygens (including phenoxy) is 1. The zero-order valence-corrected chi connectivity index (χ0v) is 15.2. The summed E-state index contributed by atoms with van der Waals surface area (Å²) in [6, 6.07) is 7.82. The van der Waals surface area contributed by atoms with E-state index in [4.69, 9.17) is 4.74 Å². The van der Waals surface area contributed by atoms with E-state index in [9.17, 15) is 4.79 Å². The first-order chi connectivity index (χ1) is 12.7. The molecule has 1 amide bonds. The summed E-state index contributed by atoms with van der Waals surface area (Å²) < 4.78 is 7.46. The van der Waals surface area contributed by atoms with Crippen molar-refractivity contribution in [1.29, 1.82) is 0 Å². The molecule has 1 atom stereocenters. The quantitative estimate of drug-likeness (QED) is 0.714. The van der Waals surface area contributed by atoms with Crippen molar-refractivity contribution in [2.45, 2.75) is 45.2 Å². The summed E-state index contributed by atoms with van der Waals surface area (Å²) in [6.45, 7) is 8.06. The third-order valence-corrected chi connectivity index (χ3v) is 4.58. The van der Waals surface area contributed by atoms with Crippen LogP contribution in [-0.4, -0.2) is 44.2 Å². The van der Waals surface area contributed by atoms with Gasteiger partial charge in [0.25, 0.3) is 0 Å². The van der Waals surface area contributed by atoms with Gasteiger partial charge in [-0.2, -0.15) is 0 Å². The standard InChI is InChI=1S/C19H25N5O2/c1-3-12-23(14-15-9-5-6-11-17(15)26-4-2)19(25)16-10-7-8-13-24-18(16)20-21-22-24/h3,5-6,9,11,16H,1,4,7-8,10,12-14H2,2H3/t16-/m1/s1. The van der Waals surface area contributed by atoms with Crippen molar-refractivity contribution in [2.75, 3.05) is 13.2 Å². The van der Waals surface area contributed by atoms with Crippen LogP contribution < -0.4 is 4.74 Å². The normalized spacial score (nSPS) is 16.4. The summed E-state index contributed by atoms with van der Waals surface area (Å²) >= 11 is 0. The molecule has 1 aliphatic heterocycles. The second-order valence-corrected chi connectivity index (χ2v) is 6.36. The van der Waals surface area contributed by atoms with Crippen LogP contribution in [0.15, 0.2) is 36.9 Å². The molecule has 0 saturated carbocycles. The van der Waals surface area contributed by atoms with Gasteiger partial charge in [0.05, 0.1) is 12.5 Å². The summed E-state index contributed by atoms with van der Waals surface area (Å²) in [6.07, 6.45) is 4.47. The van der Waals surface area contributed by atoms with Gasteiger partial charge in [0.2, 0.25) is 5.91 Å². The van der Waals surface area contributed by atoms with Crippen LogP contribution in [0.25, 0.3) is 0 Å². The molecule has 0 bridgehead atoms. The summed E-state index contributed by atoms with van der Waals surface area (Å²) in [7, 11) is 0. The van der Waals surface area contributed by atoms with Crippen LogP contribution in [-0.2, 0) is 17.9 Å². The Morgan fingerprint density at radius 3 is 3.08 bits per heavy atom. The van der Waals surface area contributed by atoms with E-state index >= 15 is 0 Å². The Morgan fingerprint density at radius 1 is 1.42 bits per heavy atom. The van der Waals surface area contributed by atoms with Crippen LogP contribution in [0.1, 0.15) is 43.5 Å². The molecule has 2 aromatic rings. The zero-order valence-electron chi connectivity index (χ0n) is 15.2. The van der Waals surface area contributed by atoms with E-state index in [1.54, 1.807) is 15.7 Å². The molecule has 7 nitrogen and oxygen atoms in total. The largest absolute Gasteiger partial charge is 0.494 e. The molecule has 1 aliphatic rings. The number of fused-ring (bicyclic) bond motifs is 1. The second-order valence-electron chi connectivity index (χ2n) is 6.36. The lowest BCUT2D eigenvalue weighted by molar-refractivity contribution is -0.133. The van der Waals surface area contributed by atoms with Gasteiger partial charge in [0.15, 0.2) is 5.82 Å². The number of para-hydroxylation sites is 1. The molecule has 0 radical (unpaired) electrons. The van der Waals surface area contributed by atoms with Crippen LogP contribution in [0.4, 0.5) is 0 Å². The van der Waals surface area contributed by atoms with Crippen LogP contribution in [0.3, 0.4) is 0 Å². The first-order valence-corrected chi connectivity index (χ1v) is 9.11. The van der Waals surface area contributed by atoms with E-state index in [2.05, 4.69) is 22.1 Å². The third kappa shape index (κ3) is 3.92. The minimum atomic E-state index is -0.313. The van der Waals surface area contributed by atoms with Gasteiger partial charge < -0.3 is 9.64 Å². The number of tetrazole rings is 1. The average molecular weight is 355 g/mol. The Morgan fingerprint density at radius 2 is 2.27 bits per heavy atom. The van der Waals surface area contributed by atoms with Gasteiger partial charge in [-0.25, -0.2) is 4.68 Å². The molecule has 138 valence electrons. The predicted octanol–water partition coefficient (Wildman–Crippen LogP) is 2.55. The van der Waals surface area contributed by atoms with Gasteiger partial charge in [-0.05, 0) is 36.3 Å². The summed E-state index contributed by atoms with van der Waals surface area (Å²) in [5, 5.41) is 11.9. The van der Waals surface area contributed by atoms with Crippen LogP contribution in [0, 0.1) is 0 Å². The van der Waals surface area contributed by atoms with E-state index < -0.39 is 0 Å². The van der Waals surface area contributed by atoms with Gasteiger partial charge >= 0.3 is 0 Å². The topological polar surface area (TPSA) is 73.1 Å². The summed E-state index contributed by atoms with van der Waals surface area (Å²) in [5.41, 5.74) is 0.984. The Kier molecular flexibility index (Phi) is 5.99. The van der Waals surface area contributed by atoms with Crippen molar-refractivity contribution < 1.29 is 9.53 Å². The zero-order chi connectivity index (χ0) is 18.4. The highest BCUT2D eigenvalue weighted by Gasteiger charge is 2.31. The average Bonchev–Trinajstić information content (AvgIpc) is 3.02. The highest BCUT2D eigenvalue weighted by molar-refractivity contribution is 5.83. The van der Waals surface area contributed by atoms with Crippen molar-refractivity contribution in [3.05, 3.63) is 48.3 Å². The van der Waals surface area contributed by atoms with Gasteiger partial charge in [0, 0.05) is 25.2 Å². The summed E-state index contributed by atoms with van der Waals surface area (Å²) in [5.74, 6) is 1.20. The predicted molar refractivity (Wildman–Crippen MR) is 97.6 cm³/mol. The van der Waals surface area contributed by atoms with Crippen molar-refractivity contribution in [2.24, 2.45) is 0 Å². The highest BCUT2D eigenvalue weighted by atomic mass is 16.5. The molecular formula is C19H25N5O2. The number of benzene rings is 1. The Bertz CT molecular complexity index is 758. The first kappa shape index (κ1) is 18.1. The fraction of sp³-hybridized carbons (Fsp3) is 0.474. The molecule has 7 heteroatoms. The molecule has 0 saturated heterocycles. The van der Waals surface area contributed by atoms with Crippen molar-refractivity contribution in [1.82, 2.24) is 25.1 Å². The summed E-state index contributed by atoms with van der Waals surface area (Å²) in [4.78, 5) is 15.1. The van der Waals surface area contributed by atoms with Crippen LogP contribution >= 0.6 is 0 Å². The molecule has 0 aliphatic carbocycles. The van der Waals surface area contributed by atoms with E-state index in [0.717, 1.165) is 37.1 Å². The fourth-order valence-electron chi connectivity index (χ4n) is 3.34. The number of carbonyl (C=O) groups is 1. The lowest BCUT2D eigenvalue weighted by Gasteiger charge is -2.26. The third-order valence-electron chi connectivity index (χ3n) is 4.58. The second kappa shape index (κ2) is 8.60. The van der Waals surface area contributed by atoms with Crippen molar-refractivity contribution in [3.8, 4) is 5.75 Å².